The molecule has 7 nitrogen and oxygen atoms in total. The SMILES string of the molecule is CC[C@H](C)c1cc(C(=O)N2CCN(c3cc(Cl)ncn3)CC2)on1. The van der Waals surface area contributed by atoms with Crippen LogP contribution in [0.25, 0.3) is 0 Å². The zero-order chi connectivity index (χ0) is 17.1. The first-order valence-corrected chi connectivity index (χ1v) is 8.44. The average Bonchev–Trinajstić information content (AvgIpc) is 3.10. The van der Waals surface area contributed by atoms with E-state index in [-0.39, 0.29) is 11.8 Å². The molecule has 0 unspecified atom stereocenters. The summed E-state index contributed by atoms with van der Waals surface area (Å²) in [6, 6.07) is 3.49. The van der Waals surface area contributed by atoms with Crippen LogP contribution in [0.1, 0.15) is 42.4 Å². The van der Waals surface area contributed by atoms with Crippen molar-refractivity contribution >= 4 is 23.3 Å². The highest BCUT2D eigenvalue weighted by atomic mass is 35.5. The number of carbonyl (C=O) groups excluding carboxylic acids is 1. The fourth-order valence-electron chi connectivity index (χ4n) is 2.62. The summed E-state index contributed by atoms with van der Waals surface area (Å²) in [5, 5.41) is 4.43. The first-order valence-electron chi connectivity index (χ1n) is 8.07. The van der Waals surface area contributed by atoms with E-state index in [0.29, 0.717) is 37.1 Å². The van der Waals surface area contributed by atoms with Gasteiger partial charge >= 0.3 is 0 Å². The predicted molar refractivity (Wildman–Crippen MR) is 90.4 cm³/mol. The molecule has 1 amide bonds. The topological polar surface area (TPSA) is 75.4 Å². The molecule has 3 rings (SSSR count). The molecule has 0 saturated carbocycles. The third-order valence-corrected chi connectivity index (χ3v) is 4.57. The minimum atomic E-state index is -0.113. The molecule has 24 heavy (non-hydrogen) atoms. The van der Waals surface area contributed by atoms with Crippen molar-refractivity contribution in [3.63, 3.8) is 0 Å². The van der Waals surface area contributed by atoms with Crippen molar-refractivity contribution in [3.8, 4) is 0 Å². The molecule has 3 heterocycles. The number of amides is 1. The molecular weight excluding hydrogens is 330 g/mol. The minimum absolute atomic E-state index is 0.113. The molecule has 2 aromatic heterocycles. The lowest BCUT2D eigenvalue weighted by Crippen LogP contribution is -2.49. The molecule has 0 radical (unpaired) electrons. The molecule has 1 aliphatic rings. The van der Waals surface area contributed by atoms with Crippen LogP contribution >= 0.6 is 11.6 Å². The Hall–Kier alpha value is -2.15. The molecule has 1 saturated heterocycles. The van der Waals surface area contributed by atoms with Gasteiger partial charge in [-0.25, -0.2) is 9.97 Å². The fourth-order valence-corrected chi connectivity index (χ4v) is 2.76. The lowest BCUT2D eigenvalue weighted by atomic mass is 10.1. The van der Waals surface area contributed by atoms with Crippen LogP contribution < -0.4 is 4.90 Å². The van der Waals surface area contributed by atoms with E-state index in [1.807, 2.05) is 0 Å². The van der Waals surface area contributed by atoms with Gasteiger partial charge < -0.3 is 14.3 Å². The number of anilines is 1. The zero-order valence-electron chi connectivity index (χ0n) is 13.8. The highest BCUT2D eigenvalue weighted by molar-refractivity contribution is 6.29. The number of piperazine rings is 1. The van der Waals surface area contributed by atoms with E-state index in [0.717, 1.165) is 17.9 Å². The maximum absolute atomic E-state index is 12.5. The second-order valence-corrected chi connectivity index (χ2v) is 6.29. The van der Waals surface area contributed by atoms with E-state index < -0.39 is 0 Å². The highest BCUT2D eigenvalue weighted by Gasteiger charge is 2.26. The van der Waals surface area contributed by atoms with Gasteiger partial charge in [-0.3, -0.25) is 4.79 Å². The predicted octanol–water partition coefficient (Wildman–Crippen LogP) is 2.59. The smallest absolute Gasteiger partial charge is 0.292 e. The van der Waals surface area contributed by atoms with Gasteiger partial charge in [0.15, 0.2) is 0 Å². The summed E-state index contributed by atoms with van der Waals surface area (Å²) >= 11 is 5.90. The Morgan fingerprint density at radius 2 is 2.04 bits per heavy atom. The number of rotatable bonds is 4. The molecule has 8 heteroatoms. The van der Waals surface area contributed by atoms with Gasteiger partial charge in [0.1, 0.15) is 17.3 Å². The Bertz CT molecular complexity index is 712. The number of halogens is 1. The third-order valence-electron chi connectivity index (χ3n) is 4.37. The van der Waals surface area contributed by atoms with Gasteiger partial charge in [0.05, 0.1) is 5.69 Å². The Labute approximate surface area is 145 Å². The Morgan fingerprint density at radius 1 is 1.29 bits per heavy atom. The monoisotopic (exact) mass is 349 g/mol. The van der Waals surface area contributed by atoms with Crippen molar-refractivity contribution in [1.82, 2.24) is 20.0 Å². The van der Waals surface area contributed by atoms with Gasteiger partial charge in [-0.2, -0.15) is 0 Å². The number of aromatic nitrogens is 3. The summed E-state index contributed by atoms with van der Waals surface area (Å²) < 4.78 is 5.24. The lowest BCUT2D eigenvalue weighted by molar-refractivity contribution is 0.0704. The largest absolute Gasteiger partial charge is 0.353 e. The van der Waals surface area contributed by atoms with Gasteiger partial charge in [0, 0.05) is 44.2 Å². The maximum Gasteiger partial charge on any atom is 0.292 e. The van der Waals surface area contributed by atoms with Crippen molar-refractivity contribution in [2.24, 2.45) is 0 Å². The normalized spacial score (nSPS) is 16.3. The van der Waals surface area contributed by atoms with E-state index in [9.17, 15) is 4.79 Å². The van der Waals surface area contributed by atoms with Gasteiger partial charge in [-0.1, -0.05) is 30.6 Å². The summed E-state index contributed by atoms with van der Waals surface area (Å²) in [4.78, 5) is 24.5. The summed E-state index contributed by atoms with van der Waals surface area (Å²) in [7, 11) is 0. The van der Waals surface area contributed by atoms with E-state index in [4.69, 9.17) is 16.1 Å². The van der Waals surface area contributed by atoms with Crippen LogP contribution in [0.4, 0.5) is 5.82 Å². The van der Waals surface area contributed by atoms with Gasteiger partial charge in [0.2, 0.25) is 5.76 Å². The van der Waals surface area contributed by atoms with Gasteiger partial charge in [-0.15, -0.1) is 0 Å². The average molecular weight is 350 g/mol. The van der Waals surface area contributed by atoms with E-state index in [1.54, 1.807) is 17.0 Å². The van der Waals surface area contributed by atoms with Crippen LogP contribution in [-0.4, -0.2) is 52.1 Å². The first kappa shape index (κ1) is 16.7. The van der Waals surface area contributed by atoms with Crippen LogP contribution in [0.15, 0.2) is 23.0 Å². The molecule has 0 aliphatic carbocycles. The molecular formula is C16H20ClN5O2. The molecule has 128 valence electrons. The lowest BCUT2D eigenvalue weighted by Gasteiger charge is -2.34. The maximum atomic E-state index is 12.5. The number of carbonyl (C=O) groups is 1. The van der Waals surface area contributed by atoms with Crippen molar-refractivity contribution in [3.05, 3.63) is 35.1 Å². The Balaban J connectivity index is 1.62. The summed E-state index contributed by atoms with van der Waals surface area (Å²) in [6.45, 7) is 6.72. The van der Waals surface area contributed by atoms with Crippen LogP contribution in [-0.2, 0) is 0 Å². The highest BCUT2D eigenvalue weighted by Crippen LogP contribution is 2.20. The summed E-state index contributed by atoms with van der Waals surface area (Å²) in [6.07, 6.45) is 2.40. The third kappa shape index (κ3) is 3.51. The summed E-state index contributed by atoms with van der Waals surface area (Å²) in [5.41, 5.74) is 0.829. The molecule has 0 bridgehead atoms. The van der Waals surface area contributed by atoms with Crippen LogP contribution in [0, 0.1) is 0 Å². The Kier molecular flexibility index (Phi) is 4.99. The molecule has 0 spiro atoms. The van der Waals surface area contributed by atoms with Crippen molar-refractivity contribution in [1.29, 1.82) is 0 Å². The molecule has 1 fully saturated rings. The fraction of sp³-hybridized carbons (Fsp3) is 0.500. The number of hydrogen-bond donors (Lipinski definition) is 0. The molecule has 2 aromatic rings. The standard InChI is InChI=1S/C16H20ClN5O2/c1-3-11(2)12-8-13(24-20-12)16(23)22-6-4-21(5-7-22)15-9-14(17)18-10-19-15/h8-11H,3-7H2,1-2H3/t11-/m0/s1. The van der Waals surface area contributed by atoms with Crippen LogP contribution in [0.3, 0.4) is 0 Å². The molecule has 0 N–H and O–H groups in total. The van der Waals surface area contributed by atoms with Crippen molar-refractivity contribution in [2.75, 3.05) is 31.1 Å². The van der Waals surface area contributed by atoms with E-state index in [2.05, 4.69) is 33.9 Å². The van der Waals surface area contributed by atoms with Gasteiger partial charge in [-0.05, 0) is 6.42 Å². The molecule has 0 aromatic carbocycles. The first-order chi connectivity index (χ1) is 11.6. The quantitative estimate of drug-likeness (QED) is 0.790. The molecule has 1 aliphatic heterocycles. The Morgan fingerprint density at radius 3 is 2.71 bits per heavy atom. The van der Waals surface area contributed by atoms with Crippen LogP contribution in [0.5, 0.6) is 0 Å². The minimum Gasteiger partial charge on any atom is -0.353 e. The van der Waals surface area contributed by atoms with E-state index in [1.165, 1.54) is 6.33 Å². The van der Waals surface area contributed by atoms with Gasteiger partial charge in [0.25, 0.3) is 5.91 Å². The van der Waals surface area contributed by atoms with Crippen molar-refractivity contribution in [2.45, 2.75) is 26.2 Å². The molecule has 1 atom stereocenters. The number of nitrogens with zero attached hydrogens (tertiary/aromatic N) is 5. The zero-order valence-corrected chi connectivity index (χ0v) is 14.5. The second kappa shape index (κ2) is 7.17. The number of hydrogen-bond acceptors (Lipinski definition) is 6. The van der Waals surface area contributed by atoms with E-state index >= 15 is 0 Å². The second-order valence-electron chi connectivity index (χ2n) is 5.90. The summed E-state index contributed by atoms with van der Waals surface area (Å²) in [5.74, 6) is 1.26. The van der Waals surface area contributed by atoms with Crippen molar-refractivity contribution < 1.29 is 9.32 Å². The van der Waals surface area contributed by atoms with Crippen LogP contribution in [0.2, 0.25) is 5.15 Å².